The molecule has 3 rings (SSSR count). The highest BCUT2D eigenvalue weighted by atomic mass is 32.1. The molecule has 0 saturated carbocycles. The average molecular weight is 986 g/mol. The van der Waals surface area contributed by atoms with E-state index in [2.05, 4.69) is 64.5 Å². The lowest BCUT2D eigenvalue weighted by molar-refractivity contribution is -0.142. The van der Waals surface area contributed by atoms with Gasteiger partial charge in [0.05, 0.1) is 25.3 Å². The molecule has 8 amide bonds. The lowest BCUT2D eigenvalue weighted by Crippen LogP contribution is -2.59. The highest BCUT2D eigenvalue weighted by Gasteiger charge is 2.34. The number of amides is 8. The van der Waals surface area contributed by atoms with Gasteiger partial charge in [0, 0.05) is 67.6 Å². The van der Waals surface area contributed by atoms with Crippen LogP contribution in [0.1, 0.15) is 50.3 Å². The van der Waals surface area contributed by atoms with E-state index in [0.29, 0.717) is 22.2 Å². The molecule has 0 bridgehead atoms. The molecule has 18 N–H and O–H groups in total. The van der Waals surface area contributed by atoms with Gasteiger partial charge in [-0.1, -0.05) is 18.2 Å². The summed E-state index contributed by atoms with van der Waals surface area (Å²) in [6.07, 6.45) is 2.67. The maximum Gasteiger partial charge on any atom is 0.327 e. The second-order valence-electron chi connectivity index (χ2n) is 15.8. The minimum atomic E-state index is -1.73. The van der Waals surface area contributed by atoms with Crippen LogP contribution in [-0.4, -0.2) is 163 Å². The Labute approximate surface area is 399 Å². The maximum absolute atomic E-state index is 14.1. The number of carboxylic acids is 2. The van der Waals surface area contributed by atoms with Crippen LogP contribution < -0.4 is 54.8 Å². The molecule has 2 aromatic heterocycles. The highest BCUT2D eigenvalue weighted by Crippen LogP contribution is 2.20. The topological polar surface area (TPSA) is 447 Å². The predicted octanol–water partition coefficient (Wildman–Crippen LogP) is -4.80. The number of benzene rings is 1. The average Bonchev–Trinajstić information content (AvgIpc) is 3.96. The summed E-state index contributed by atoms with van der Waals surface area (Å²) in [7, 11) is 1.23. The molecule has 7 atom stereocenters. The number of H-pyrrole nitrogens is 2. The minimum absolute atomic E-state index is 0.0587. The number of nitrogens with one attached hydrogen (secondary N) is 8. The van der Waals surface area contributed by atoms with Crippen molar-refractivity contribution in [1.29, 1.82) is 0 Å². The number of fused-ring (bicyclic) bond motifs is 1. The molecule has 0 aliphatic carbocycles. The van der Waals surface area contributed by atoms with E-state index in [9.17, 15) is 58.2 Å². The number of para-hydroxylation sites is 1. The number of carbonyl (C=O) groups excluding carboxylic acids is 8. The molecular weight excluding hydrogens is 927 g/mol. The number of carbonyl (C=O) groups is 10. The van der Waals surface area contributed by atoms with E-state index in [4.69, 9.17) is 22.9 Å². The van der Waals surface area contributed by atoms with Gasteiger partial charge in [-0.25, -0.2) is 9.78 Å². The van der Waals surface area contributed by atoms with E-state index in [0.717, 1.165) is 4.90 Å². The quantitative estimate of drug-likeness (QED) is 0.0134. The van der Waals surface area contributed by atoms with Gasteiger partial charge >= 0.3 is 11.9 Å². The summed E-state index contributed by atoms with van der Waals surface area (Å²) in [5, 5.41) is 34.3. The lowest BCUT2D eigenvalue weighted by atomic mass is 10.0. The second-order valence-corrected chi connectivity index (χ2v) is 16.2. The van der Waals surface area contributed by atoms with Crippen molar-refractivity contribution in [1.82, 2.24) is 51.8 Å². The summed E-state index contributed by atoms with van der Waals surface area (Å²) in [4.78, 5) is 144. The minimum Gasteiger partial charge on any atom is -0.481 e. The summed E-state index contributed by atoms with van der Waals surface area (Å²) in [6.45, 7) is 0.673. The number of likely N-dealkylation sites (N-methyl/N-ethyl adjacent to an activating group) is 1. The van der Waals surface area contributed by atoms with Gasteiger partial charge in [-0.3, -0.25) is 48.1 Å². The van der Waals surface area contributed by atoms with Gasteiger partial charge in [0.2, 0.25) is 47.3 Å². The lowest BCUT2D eigenvalue weighted by Gasteiger charge is -2.27. The zero-order valence-electron chi connectivity index (χ0n) is 37.7. The number of guanidine groups is 1. The number of aromatic nitrogens is 3. The van der Waals surface area contributed by atoms with E-state index in [1.807, 2.05) is 0 Å². The van der Waals surface area contributed by atoms with Crippen molar-refractivity contribution in [3.63, 3.8) is 0 Å². The first-order valence-electron chi connectivity index (χ1n) is 21.3. The van der Waals surface area contributed by atoms with E-state index in [-0.39, 0.29) is 56.8 Å². The number of hydrogen-bond donors (Lipinski definition) is 15. The second kappa shape index (κ2) is 27.2. The van der Waals surface area contributed by atoms with Gasteiger partial charge in [0.25, 0.3) is 0 Å². The Morgan fingerprint density at radius 3 is 2.03 bits per heavy atom. The largest absolute Gasteiger partial charge is 0.481 e. The van der Waals surface area contributed by atoms with Crippen LogP contribution in [0.3, 0.4) is 0 Å². The van der Waals surface area contributed by atoms with Gasteiger partial charge in [0.1, 0.15) is 36.3 Å². The molecule has 69 heavy (non-hydrogen) atoms. The number of aliphatic imine (C=N–C) groups is 1. The molecule has 0 spiro atoms. The number of thiol groups is 1. The number of rotatable bonds is 29. The van der Waals surface area contributed by atoms with E-state index < -0.39 is 114 Å². The summed E-state index contributed by atoms with van der Waals surface area (Å²) >= 11 is 3.96. The Hall–Kier alpha value is -7.75. The van der Waals surface area contributed by atoms with Crippen LogP contribution >= 0.6 is 12.6 Å². The van der Waals surface area contributed by atoms with Crippen LogP contribution in [-0.2, 0) is 60.8 Å². The standard InChI is InChI=1S/C41H59N15O12S/c1-20(34(61)52-27(13-22-16-46-19-49-22)37(64)51-26(8-5-11-47-41(44)45)36(63)55-30(18-69)40(67)68)50-32(58)17-56(2)39(66)29(12-21-15-48-25-7-4-3-6-23(21)25)54-38(65)28(14-33(59)60)53-35(62)24(42)9-10-31(43)57/h3-4,6-7,15-16,19-20,24,26-30,48,69H,5,8-14,17-18,42H2,1-2H3,(H2,43,57)(H,46,49)(H,50,58)(H,51,64)(H,52,61)(H,53,62)(H,54,65)(H,55,63)(H,59,60)(H,67,68)(H4,44,45,47)/t20-,24-,26-,27-,28-,29-,30-/m0/s1. The molecule has 0 aliphatic rings. The zero-order chi connectivity index (χ0) is 51.4. The van der Waals surface area contributed by atoms with E-state index in [1.54, 1.807) is 30.5 Å². The SMILES string of the molecule is C[C@H](NC(=O)CN(C)C(=O)[C@H](Cc1c[nH]c2ccccc12)NC(=O)[C@H](CC(=O)O)NC(=O)[C@@H](N)CCC(N)=O)C(=O)N[C@@H](Cc1cnc[nH]1)C(=O)N[C@@H](CCCN=C(N)N)C(=O)N[C@@H](CS)C(=O)O. The fourth-order valence-corrected chi connectivity index (χ4v) is 6.87. The van der Waals surface area contributed by atoms with Crippen LogP contribution in [0.15, 0.2) is 48.0 Å². The third-order valence-electron chi connectivity index (χ3n) is 10.3. The summed E-state index contributed by atoms with van der Waals surface area (Å²) in [5.74, 6) is -10.4. The number of carboxylic acid groups (broad SMARTS) is 2. The Balaban J connectivity index is 1.79. The first kappa shape index (κ1) is 55.6. The number of nitrogens with zero attached hydrogens (tertiary/aromatic N) is 3. The van der Waals surface area contributed by atoms with Crippen LogP contribution in [0.25, 0.3) is 10.9 Å². The molecule has 27 nitrogen and oxygen atoms in total. The number of aromatic amines is 2. The smallest absolute Gasteiger partial charge is 0.327 e. The molecule has 28 heteroatoms. The molecular formula is C41H59N15O12S. The maximum atomic E-state index is 14.1. The molecule has 1 aromatic carbocycles. The Morgan fingerprint density at radius 2 is 1.41 bits per heavy atom. The predicted molar refractivity (Wildman–Crippen MR) is 249 cm³/mol. The van der Waals surface area contributed by atoms with Crippen LogP contribution in [0.2, 0.25) is 0 Å². The Kier molecular flexibility index (Phi) is 21.9. The molecule has 0 aliphatic heterocycles. The Bertz CT molecular complexity index is 2340. The molecule has 376 valence electrons. The van der Waals surface area contributed by atoms with Gasteiger partial charge < -0.3 is 79.9 Å². The van der Waals surface area contributed by atoms with Gasteiger partial charge in [-0.05, 0) is 37.8 Å². The molecule has 0 saturated heterocycles. The number of nitrogens with two attached hydrogens (primary N) is 4. The van der Waals surface area contributed by atoms with E-state index in [1.165, 1.54) is 26.5 Å². The summed E-state index contributed by atoms with van der Waals surface area (Å²) in [5.41, 5.74) is 23.4. The zero-order valence-corrected chi connectivity index (χ0v) is 38.6. The van der Waals surface area contributed by atoms with Crippen molar-refractivity contribution in [2.45, 2.75) is 94.2 Å². The van der Waals surface area contributed by atoms with Crippen LogP contribution in [0.5, 0.6) is 0 Å². The molecule has 3 aromatic rings. The third-order valence-corrected chi connectivity index (χ3v) is 10.6. The number of hydrogen-bond acceptors (Lipinski definition) is 14. The molecule has 0 unspecified atom stereocenters. The summed E-state index contributed by atoms with van der Waals surface area (Å²) in [6, 6.07) is -2.96. The molecule has 0 radical (unpaired) electrons. The fraction of sp³-hybridized carbons (Fsp3) is 0.463. The van der Waals surface area contributed by atoms with Gasteiger partial charge in [0.15, 0.2) is 5.96 Å². The van der Waals surface area contributed by atoms with Crippen molar-refractivity contribution in [2.24, 2.45) is 27.9 Å². The first-order valence-corrected chi connectivity index (χ1v) is 22.0. The molecule has 0 fully saturated rings. The monoisotopic (exact) mass is 985 g/mol. The van der Waals surface area contributed by atoms with Crippen molar-refractivity contribution in [3.8, 4) is 0 Å². The third kappa shape index (κ3) is 18.5. The summed E-state index contributed by atoms with van der Waals surface area (Å²) < 4.78 is 0. The number of aliphatic carboxylic acids is 2. The highest BCUT2D eigenvalue weighted by molar-refractivity contribution is 7.80. The van der Waals surface area contributed by atoms with Crippen molar-refractivity contribution < 1.29 is 58.2 Å². The van der Waals surface area contributed by atoms with Crippen molar-refractivity contribution in [2.75, 3.05) is 25.9 Å². The normalized spacial score (nSPS) is 14.0. The number of imidazole rings is 1. The van der Waals surface area contributed by atoms with Crippen LogP contribution in [0.4, 0.5) is 0 Å². The number of primary amides is 1. The molecule has 2 heterocycles. The van der Waals surface area contributed by atoms with E-state index >= 15 is 0 Å². The van der Waals surface area contributed by atoms with Crippen molar-refractivity contribution >= 4 is 88.7 Å². The fourth-order valence-electron chi connectivity index (χ4n) is 6.62. The Morgan fingerprint density at radius 1 is 0.783 bits per heavy atom. The van der Waals surface area contributed by atoms with Gasteiger partial charge in [-0.15, -0.1) is 0 Å². The van der Waals surface area contributed by atoms with Crippen molar-refractivity contribution in [3.05, 3.63) is 54.2 Å². The first-order chi connectivity index (χ1) is 32.6. The van der Waals surface area contributed by atoms with Gasteiger partial charge in [-0.2, -0.15) is 12.6 Å². The van der Waals surface area contributed by atoms with Crippen LogP contribution in [0, 0.1) is 0 Å².